The first-order valence-corrected chi connectivity index (χ1v) is 9.04. The Bertz CT molecular complexity index is 952. The molecule has 1 aromatic heterocycles. The van der Waals surface area contributed by atoms with Gasteiger partial charge in [-0.15, -0.1) is 0 Å². The molecule has 1 aliphatic heterocycles. The number of pyridine rings is 1. The molecule has 7 nitrogen and oxygen atoms in total. The molecular weight excluding hydrogens is 380 g/mol. The molecule has 154 valence electrons. The topological polar surface area (TPSA) is 92.8 Å². The van der Waals surface area contributed by atoms with Crippen molar-refractivity contribution in [2.45, 2.75) is 25.4 Å². The maximum absolute atomic E-state index is 13.3. The molecule has 29 heavy (non-hydrogen) atoms. The van der Waals surface area contributed by atoms with Crippen molar-refractivity contribution >= 4 is 11.9 Å². The quantitative estimate of drug-likeness (QED) is 0.735. The van der Waals surface area contributed by atoms with Crippen LogP contribution in [-0.4, -0.2) is 48.9 Å². The zero-order valence-corrected chi connectivity index (χ0v) is 16.4. The van der Waals surface area contributed by atoms with Crippen molar-refractivity contribution < 1.29 is 18.3 Å². The van der Waals surface area contributed by atoms with Crippen LogP contribution in [-0.2, 0) is 16.9 Å². The fourth-order valence-electron chi connectivity index (χ4n) is 3.34. The molecule has 2 unspecified atom stereocenters. The van der Waals surface area contributed by atoms with Crippen LogP contribution in [0, 0.1) is 6.92 Å². The lowest BCUT2D eigenvalue weighted by Gasteiger charge is -2.27. The van der Waals surface area contributed by atoms with E-state index in [0.717, 1.165) is 5.69 Å². The fourth-order valence-corrected chi connectivity index (χ4v) is 3.34. The number of aliphatic imine (C=N–C) groups is 1. The third kappa shape index (κ3) is 3.65. The van der Waals surface area contributed by atoms with Gasteiger partial charge in [0.2, 0.25) is 0 Å². The van der Waals surface area contributed by atoms with Gasteiger partial charge >= 0.3 is 0 Å². The number of carbonyl (C=O) groups is 1. The van der Waals surface area contributed by atoms with E-state index in [1.54, 1.807) is 51.5 Å². The molecule has 0 radical (unpaired) electrons. The van der Waals surface area contributed by atoms with Gasteiger partial charge in [-0.1, -0.05) is 6.07 Å². The largest absolute Gasteiger partial charge is 0.457 e. The molecule has 1 amide bonds. The number of nitrogens with zero attached hydrogens (tertiary/aromatic N) is 3. The molecule has 3 rings (SSSR count). The van der Waals surface area contributed by atoms with Gasteiger partial charge in [-0.3, -0.25) is 14.7 Å². The number of aryl methyl sites for hydroxylation is 1. The molecule has 2 heterocycles. The number of carbonyl (C=O) groups excluding carboxylic acids is 1. The molecule has 2 atom stereocenters. The SMILES string of the molecule is CNCc1cc(C2(c3ccc(OC(F)CF)c(C)c3)N=C(N)N(C)C2=O)ccn1. The maximum Gasteiger partial charge on any atom is 0.266 e. The lowest BCUT2D eigenvalue weighted by atomic mass is 9.82. The van der Waals surface area contributed by atoms with Gasteiger partial charge < -0.3 is 15.8 Å². The van der Waals surface area contributed by atoms with Gasteiger partial charge in [-0.2, -0.15) is 4.39 Å². The second-order valence-corrected chi connectivity index (χ2v) is 6.77. The molecule has 2 aromatic rings. The Kier molecular flexibility index (Phi) is 5.78. The monoisotopic (exact) mass is 403 g/mol. The first-order chi connectivity index (χ1) is 13.8. The summed E-state index contributed by atoms with van der Waals surface area (Å²) < 4.78 is 30.7. The number of nitrogens with one attached hydrogen (secondary N) is 1. The molecule has 0 spiro atoms. The molecule has 0 saturated carbocycles. The van der Waals surface area contributed by atoms with E-state index >= 15 is 0 Å². The molecule has 0 fully saturated rings. The number of aromatic nitrogens is 1. The third-order valence-corrected chi connectivity index (χ3v) is 4.80. The Labute approximate surface area is 167 Å². The van der Waals surface area contributed by atoms with Crippen molar-refractivity contribution in [3.63, 3.8) is 0 Å². The van der Waals surface area contributed by atoms with E-state index in [9.17, 15) is 13.6 Å². The summed E-state index contributed by atoms with van der Waals surface area (Å²) in [6.45, 7) is 0.952. The lowest BCUT2D eigenvalue weighted by Crippen LogP contribution is -2.41. The van der Waals surface area contributed by atoms with E-state index in [1.165, 1.54) is 11.0 Å². The number of amides is 1. The third-order valence-electron chi connectivity index (χ3n) is 4.80. The Hall–Kier alpha value is -3.07. The van der Waals surface area contributed by atoms with Gasteiger partial charge in [0.1, 0.15) is 5.75 Å². The molecule has 9 heteroatoms. The Morgan fingerprint density at radius 1 is 1.31 bits per heavy atom. The standard InChI is InChI=1S/C20H23F2N5O2/c1-12-8-13(4-5-16(12)29-17(22)10-21)20(18(28)27(3)19(23)26-20)14-6-7-25-15(9-14)11-24-2/h4-9,17,24H,10-11H2,1-3H3,(H2,23,26). The number of halogens is 2. The minimum atomic E-state index is -2.05. The number of guanidine groups is 1. The minimum Gasteiger partial charge on any atom is -0.457 e. The highest BCUT2D eigenvalue weighted by Crippen LogP contribution is 2.40. The molecule has 0 aliphatic carbocycles. The summed E-state index contributed by atoms with van der Waals surface area (Å²) in [7, 11) is 3.35. The van der Waals surface area contributed by atoms with Crippen molar-refractivity contribution in [3.05, 3.63) is 58.9 Å². The fraction of sp³-hybridized carbons (Fsp3) is 0.350. The highest BCUT2D eigenvalue weighted by Gasteiger charge is 2.49. The summed E-state index contributed by atoms with van der Waals surface area (Å²) in [5.74, 6) is -0.0478. The smallest absolute Gasteiger partial charge is 0.266 e. The molecule has 1 aromatic carbocycles. The second-order valence-electron chi connectivity index (χ2n) is 6.77. The van der Waals surface area contributed by atoms with Gasteiger partial charge in [0.15, 0.2) is 18.2 Å². The summed E-state index contributed by atoms with van der Waals surface area (Å²) in [5.41, 5.74) is 7.00. The van der Waals surface area contributed by atoms with E-state index in [0.29, 0.717) is 23.2 Å². The van der Waals surface area contributed by atoms with Crippen molar-refractivity contribution in [2.75, 3.05) is 20.8 Å². The van der Waals surface area contributed by atoms with E-state index in [-0.39, 0.29) is 17.6 Å². The number of benzene rings is 1. The van der Waals surface area contributed by atoms with E-state index < -0.39 is 18.6 Å². The van der Waals surface area contributed by atoms with Crippen molar-refractivity contribution in [2.24, 2.45) is 10.7 Å². The van der Waals surface area contributed by atoms with E-state index in [1.807, 2.05) is 0 Å². The second kappa shape index (κ2) is 8.12. The zero-order valence-electron chi connectivity index (χ0n) is 16.4. The van der Waals surface area contributed by atoms with Crippen molar-refractivity contribution in [3.8, 4) is 5.75 Å². The normalized spacial score (nSPS) is 20.0. The maximum atomic E-state index is 13.3. The summed E-state index contributed by atoms with van der Waals surface area (Å²) in [6.07, 6.45) is -0.439. The van der Waals surface area contributed by atoms with Crippen LogP contribution in [0.1, 0.15) is 22.4 Å². The number of rotatable bonds is 7. The average molecular weight is 403 g/mol. The van der Waals surface area contributed by atoms with E-state index in [2.05, 4.69) is 15.3 Å². The van der Waals surface area contributed by atoms with Crippen LogP contribution in [0.4, 0.5) is 8.78 Å². The number of hydrogen-bond donors (Lipinski definition) is 2. The highest BCUT2D eigenvalue weighted by atomic mass is 19.2. The average Bonchev–Trinajstić information content (AvgIpc) is 2.94. The van der Waals surface area contributed by atoms with Crippen LogP contribution in [0.25, 0.3) is 0 Å². The Morgan fingerprint density at radius 3 is 2.62 bits per heavy atom. The van der Waals surface area contributed by atoms with Crippen LogP contribution in [0.2, 0.25) is 0 Å². The van der Waals surface area contributed by atoms with Crippen molar-refractivity contribution in [1.29, 1.82) is 0 Å². The highest BCUT2D eigenvalue weighted by molar-refractivity contribution is 6.08. The van der Waals surface area contributed by atoms with Gasteiger partial charge in [0.25, 0.3) is 12.3 Å². The van der Waals surface area contributed by atoms with Crippen LogP contribution < -0.4 is 15.8 Å². The van der Waals surface area contributed by atoms with Gasteiger partial charge in [-0.05, 0) is 54.9 Å². The lowest BCUT2D eigenvalue weighted by molar-refractivity contribution is -0.129. The molecule has 0 saturated heterocycles. The summed E-state index contributed by atoms with van der Waals surface area (Å²) in [4.78, 5) is 23.4. The summed E-state index contributed by atoms with van der Waals surface area (Å²) >= 11 is 0. The first-order valence-electron chi connectivity index (χ1n) is 9.04. The van der Waals surface area contributed by atoms with E-state index in [4.69, 9.17) is 10.5 Å². The number of ether oxygens (including phenoxy) is 1. The summed E-state index contributed by atoms with van der Waals surface area (Å²) in [5, 5.41) is 3.02. The number of nitrogens with two attached hydrogens (primary N) is 1. The van der Waals surface area contributed by atoms with Gasteiger partial charge in [0, 0.05) is 19.8 Å². The number of alkyl halides is 2. The van der Waals surface area contributed by atoms with Crippen LogP contribution in [0.15, 0.2) is 41.5 Å². The molecule has 0 bridgehead atoms. The van der Waals surface area contributed by atoms with Crippen LogP contribution in [0.3, 0.4) is 0 Å². The van der Waals surface area contributed by atoms with Crippen molar-refractivity contribution in [1.82, 2.24) is 15.2 Å². The molecular formula is C20H23F2N5O2. The van der Waals surface area contributed by atoms with Crippen LogP contribution >= 0.6 is 0 Å². The molecule has 3 N–H and O–H groups in total. The van der Waals surface area contributed by atoms with Gasteiger partial charge in [0.05, 0.1) is 5.69 Å². The molecule has 1 aliphatic rings. The predicted octanol–water partition coefficient (Wildman–Crippen LogP) is 1.78. The first kappa shape index (κ1) is 20.7. The summed E-state index contributed by atoms with van der Waals surface area (Å²) in [6, 6.07) is 8.30. The number of hydrogen-bond acceptors (Lipinski definition) is 6. The van der Waals surface area contributed by atoms with Crippen LogP contribution in [0.5, 0.6) is 5.75 Å². The predicted molar refractivity (Wildman–Crippen MR) is 105 cm³/mol. The Balaban J connectivity index is 2.15. The number of likely N-dealkylation sites (N-methyl/N-ethyl adjacent to an activating group) is 1. The minimum absolute atomic E-state index is 0.0845. The Morgan fingerprint density at radius 2 is 2.03 bits per heavy atom. The zero-order chi connectivity index (χ0) is 21.2. The van der Waals surface area contributed by atoms with Gasteiger partial charge in [-0.25, -0.2) is 9.38 Å².